The third-order valence-corrected chi connectivity index (χ3v) is 6.15. The number of aromatic nitrogens is 5. The lowest BCUT2D eigenvalue weighted by molar-refractivity contribution is 0.284. The maximum atomic E-state index is 13.3. The minimum atomic E-state index is -0.347. The number of aryl methyl sites for hydroxylation is 3. The van der Waals surface area contributed by atoms with Gasteiger partial charge >= 0.3 is 0 Å². The highest BCUT2D eigenvalue weighted by molar-refractivity contribution is 9.10. The van der Waals surface area contributed by atoms with E-state index in [0.29, 0.717) is 28.1 Å². The fourth-order valence-corrected chi connectivity index (χ4v) is 4.02. The van der Waals surface area contributed by atoms with Crippen molar-refractivity contribution in [2.24, 2.45) is 0 Å². The van der Waals surface area contributed by atoms with Crippen LogP contribution in [0.3, 0.4) is 0 Å². The van der Waals surface area contributed by atoms with Gasteiger partial charge in [0.2, 0.25) is 5.88 Å². The molecule has 0 saturated heterocycles. The number of hydrogen-bond donors (Lipinski definition) is 0. The highest BCUT2D eigenvalue weighted by atomic mass is 79.9. The summed E-state index contributed by atoms with van der Waals surface area (Å²) in [6.07, 6.45) is 3.31. The zero-order chi connectivity index (χ0) is 24.6. The van der Waals surface area contributed by atoms with Gasteiger partial charge in [0.25, 0.3) is 5.56 Å². The van der Waals surface area contributed by atoms with Crippen LogP contribution in [0.2, 0.25) is 5.02 Å². The number of hydrogen-bond acceptors (Lipinski definition) is 7. The molecule has 0 fully saturated rings. The van der Waals surface area contributed by atoms with Crippen molar-refractivity contribution in [1.82, 2.24) is 24.5 Å². The third-order valence-electron chi connectivity index (χ3n) is 5.16. The number of benzene rings is 1. The molecule has 0 unspecified atom stereocenters. The van der Waals surface area contributed by atoms with Crippen LogP contribution >= 0.6 is 27.5 Å². The van der Waals surface area contributed by atoms with Crippen LogP contribution in [-0.2, 0) is 6.61 Å². The first kappa shape index (κ1) is 24.1. The summed E-state index contributed by atoms with van der Waals surface area (Å²) in [6.45, 7) is 9.62. The molecular weight excluding hydrogens is 522 g/mol. The molecule has 0 atom stereocenters. The summed E-state index contributed by atoms with van der Waals surface area (Å²) in [4.78, 5) is 31.1. The molecule has 0 amide bonds. The molecule has 0 aliphatic carbocycles. The van der Waals surface area contributed by atoms with E-state index in [1.165, 1.54) is 10.8 Å². The van der Waals surface area contributed by atoms with Gasteiger partial charge in [-0.2, -0.15) is 4.98 Å². The molecule has 0 spiro atoms. The van der Waals surface area contributed by atoms with Crippen molar-refractivity contribution in [3.05, 3.63) is 79.3 Å². The summed E-state index contributed by atoms with van der Waals surface area (Å²) in [5, 5.41) is 0.408. The van der Waals surface area contributed by atoms with Crippen molar-refractivity contribution < 1.29 is 9.15 Å². The van der Waals surface area contributed by atoms with E-state index in [-0.39, 0.29) is 28.4 Å². The normalized spacial score (nSPS) is 11.3. The van der Waals surface area contributed by atoms with E-state index in [2.05, 4.69) is 30.9 Å². The van der Waals surface area contributed by atoms with Crippen molar-refractivity contribution >= 4 is 27.5 Å². The van der Waals surface area contributed by atoms with Crippen molar-refractivity contribution in [3.8, 4) is 22.8 Å². The van der Waals surface area contributed by atoms with Gasteiger partial charge in [0.05, 0.1) is 16.4 Å². The average Bonchev–Trinajstić information content (AvgIpc) is 3.22. The lowest BCUT2D eigenvalue weighted by atomic mass is 10.1. The molecule has 34 heavy (non-hydrogen) atoms. The molecule has 10 heteroatoms. The Bertz CT molecular complexity index is 1430. The first-order valence-corrected chi connectivity index (χ1v) is 11.8. The molecular formula is C24H23BrClN5O3. The van der Waals surface area contributed by atoms with Gasteiger partial charge in [-0.3, -0.25) is 9.36 Å². The topological polar surface area (TPSA) is 95.9 Å². The molecule has 4 rings (SSSR count). The van der Waals surface area contributed by atoms with Gasteiger partial charge in [0.1, 0.15) is 34.7 Å². The fourth-order valence-electron chi connectivity index (χ4n) is 3.44. The maximum Gasteiger partial charge on any atom is 0.276 e. The van der Waals surface area contributed by atoms with Crippen LogP contribution in [0.4, 0.5) is 0 Å². The quantitative estimate of drug-likeness (QED) is 0.306. The van der Waals surface area contributed by atoms with E-state index in [1.54, 1.807) is 19.9 Å². The highest BCUT2D eigenvalue weighted by Gasteiger charge is 2.19. The van der Waals surface area contributed by atoms with Gasteiger partial charge in [-0.1, -0.05) is 31.5 Å². The number of oxazole rings is 1. The third kappa shape index (κ3) is 4.76. The Balaban J connectivity index is 1.76. The molecule has 0 aliphatic rings. The molecule has 0 radical (unpaired) electrons. The Morgan fingerprint density at radius 1 is 1.18 bits per heavy atom. The molecule has 0 N–H and O–H groups in total. The zero-order valence-corrected chi connectivity index (χ0v) is 21.7. The van der Waals surface area contributed by atoms with Crippen LogP contribution in [0, 0.1) is 20.8 Å². The van der Waals surface area contributed by atoms with Gasteiger partial charge in [0, 0.05) is 24.6 Å². The van der Waals surface area contributed by atoms with E-state index < -0.39 is 0 Å². The number of nitrogens with zero attached hydrogens (tertiary/aromatic N) is 5. The second-order valence-corrected chi connectivity index (χ2v) is 9.35. The Kier molecular flexibility index (Phi) is 6.86. The molecule has 0 saturated carbocycles. The standard InChI is InChI=1S/C24H23BrClN5O3/c1-12(2)22-27-9-13(3)21(30-22)16-6-7-18(26)19(8-16)31-14(4)28-23(20(25)24(31)32)34-11-17-10-33-15(5)29-17/h6-10,12H,11H2,1-5H3. The Labute approximate surface area is 210 Å². The molecule has 0 aliphatic heterocycles. The second kappa shape index (κ2) is 9.68. The molecule has 8 nitrogen and oxygen atoms in total. The summed E-state index contributed by atoms with van der Waals surface area (Å²) in [6, 6.07) is 5.47. The van der Waals surface area contributed by atoms with E-state index in [1.807, 2.05) is 39.1 Å². The van der Waals surface area contributed by atoms with E-state index in [0.717, 1.165) is 22.6 Å². The predicted octanol–water partition coefficient (Wildman–Crippen LogP) is 5.72. The Morgan fingerprint density at radius 2 is 1.94 bits per heavy atom. The SMILES string of the molecule is Cc1nc(COc2nc(C)n(-c3cc(-c4nc(C(C)C)ncc4C)ccc3Cl)c(=O)c2Br)co1. The molecule has 1 aromatic carbocycles. The summed E-state index contributed by atoms with van der Waals surface area (Å²) in [5.41, 5.74) is 3.29. The lowest BCUT2D eigenvalue weighted by Gasteiger charge is -2.16. The molecule has 3 aromatic heterocycles. The zero-order valence-electron chi connectivity index (χ0n) is 19.4. The minimum absolute atomic E-state index is 0.118. The van der Waals surface area contributed by atoms with Gasteiger partial charge < -0.3 is 9.15 Å². The molecule has 4 aromatic rings. The van der Waals surface area contributed by atoms with Gasteiger partial charge in [-0.05, 0) is 47.5 Å². The predicted molar refractivity (Wildman–Crippen MR) is 133 cm³/mol. The van der Waals surface area contributed by atoms with E-state index in [4.69, 9.17) is 25.7 Å². The van der Waals surface area contributed by atoms with Gasteiger partial charge in [-0.25, -0.2) is 15.0 Å². The Morgan fingerprint density at radius 3 is 2.62 bits per heavy atom. The fraction of sp³-hybridized carbons (Fsp3) is 0.292. The van der Waals surface area contributed by atoms with Crippen LogP contribution in [-0.4, -0.2) is 24.5 Å². The van der Waals surface area contributed by atoms with Crippen molar-refractivity contribution in [2.45, 2.75) is 47.1 Å². The maximum absolute atomic E-state index is 13.3. The van der Waals surface area contributed by atoms with Crippen molar-refractivity contribution in [3.63, 3.8) is 0 Å². The molecule has 176 valence electrons. The van der Waals surface area contributed by atoms with Crippen LogP contribution < -0.4 is 10.3 Å². The summed E-state index contributed by atoms with van der Waals surface area (Å²) >= 11 is 9.87. The first-order valence-electron chi connectivity index (χ1n) is 10.6. The smallest absolute Gasteiger partial charge is 0.276 e. The summed E-state index contributed by atoms with van der Waals surface area (Å²) in [5.74, 6) is 2.05. The second-order valence-electron chi connectivity index (χ2n) is 8.15. The number of ether oxygens (including phenoxy) is 1. The van der Waals surface area contributed by atoms with Crippen LogP contribution in [0.25, 0.3) is 16.9 Å². The van der Waals surface area contributed by atoms with Crippen LogP contribution in [0.5, 0.6) is 5.88 Å². The molecule has 3 heterocycles. The summed E-state index contributed by atoms with van der Waals surface area (Å²) in [7, 11) is 0. The molecule has 0 bridgehead atoms. The highest BCUT2D eigenvalue weighted by Crippen LogP contribution is 2.30. The van der Waals surface area contributed by atoms with Crippen molar-refractivity contribution in [2.75, 3.05) is 0 Å². The average molecular weight is 545 g/mol. The van der Waals surface area contributed by atoms with Gasteiger partial charge in [0.15, 0.2) is 5.89 Å². The lowest BCUT2D eigenvalue weighted by Crippen LogP contribution is -2.24. The van der Waals surface area contributed by atoms with E-state index in [9.17, 15) is 4.79 Å². The van der Waals surface area contributed by atoms with E-state index >= 15 is 0 Å². The largest absolute Gasteiger partial charge is 0.470 e. The van der Waals surface area contributed by atoms with Crippen LogP contribution in [0.1, 0.15) is 48.6 Å². The monoisotopic (exact) mass is 543 g/mol. The Hall–Kier alpha value is -3.04. The first-order chi connectivity index (χ1) is 16.2. The van der Waals surface area contributed by atoms with Crippen LogP contribution in [0.15, 0.2) is 44.3 Å². The number of rotatable bonds is 6. The number of halogens is 2. The van der Waals surface area contributed by atoms with Crippen molar-refractivity contribution in [1.29, 1.82) is 0 Å². The summed E-state index contributed by atoms with van der Waals surface area (Å²) < 4.78 is 12.5. The van der Waals surface area contributed by atoms with Gasteiger partial charge in [-0.15, -0.1) is 0 Å². The minimum Gasteiger partial charge on any atom is -0.470 e.